The molecule has 0 spiro atoms. The number of methoxy groups -OCH3 is 1. The van der Waals surface area contributed by atoms with E-state index in [1.54, 1.807) is 7.11 Å². The summed E-state index contributed by atoms with van der Waals surface area (Å²) in [6.07, 6.45) is 4.52. The van der Waals surface area contributed by atoms with Crippen LogP contribution in [0.2, 0.25) is 0 Å². The van der Waals surface area contributed by atoms with Crippen molar-refractivity contribution in [1.29, 1.82) is 0 Å². The molecule has 1 fully saturated rings. The van der Waals surface area contributed by atoms with Gasteiger partial charge in [0.15, 0.2) is 0 Å². The van der Waals surface area contributed by atoms with Crippen LogP contribution in [0.4, 0.5) is 0 Å². The van der Waals surface area contributed by atoms with Gasteiger partial charge in [0.2, 0.25) is 0 Å². The van der Waals surface area contributed by atoms with Gasteiger partial charge in [0.1, 0.15) is 5.75 Å². The molecular weight excluding hydrogens is 312 g/mol. The molecule has 1 N–H and O–H groups in total. The zero-order chi connectivity index (χ0) is 18.1. The molecule has 136 valence electrons. The molecule has 0 saturated heterocycles. The van der Waals surface area contributed by atoms with Crippen molar-refractivity contribution in [3.05, 3.63) is 29.5 Å². The maximum atomic E-state index is 13.0. The number of amides is 1. The lowest BCUT2D eigenvalue weighted by Gasteiger charge is -2.15. The summed E-state index contributed by atoms with van der Waals surface area (Å²) in [6, 6.07) is 6.77. The standard InChI is InChI=1S/C21H30N2O2/c1-13(2)6-7-14(3)22-21(24)20-15(4)23(16-8-9-16)19-11-10-17(25-5)12-18(19)20/h10-14,16H,6-9H2,1-5H3,(H,22,24)/t14-/m1/s1. The van der Waals surface area contributed by atoms with E-state index in [1.165, 1.54) is 12.8 Å². The van der Waals surface area contributed by atoms with Crippen LogP contribution < -0.4 is 10.1 Å². The first-order chi connectivity index (χ1) is 11.9. The van der Waals surface area contributed by atoms with E-state index in [9.17, 15) is 4.79 Å². The third-order valence-electron chi connectivity index (χ3n) is 5.15. The smallest absolute Gasteiger partial charge is 0.253 e. The summed E-state index contributed by atoms with van der Waals surface area (Å²) >= 11 is 0. The van der Waals surface area contributed by atoms with Crippen LogP contribution in [0.3, 0.4) is 0 Å². The largest absolute Gasteiger partial charge is 0.497 e. The molecule has 2 aromatic rings. The highest BCUT2D eigenvalue weighted by Gasteiger charge is 2.30. The minimum Gasteiger partial charge on any atom is -0.497 e. The molecule has 1 amide bonds. The molecule has 1 aromatic carbocycles. The summed E-state index contributed by atoms with van der Waals surface area (Å²) in [5.41, 5.74) is 3.01. The number of hydrogen-bond acceptors (Lipinski definition) is 2. The quantitative estimate of drug-likeness (QED) is 0.782. The summed E-state index contributed by atoms with van der Waals surface area (Å²) in [5.74, 6) is 1.48. The van der Waals surface area contributed by atoms with Gasteiger partial charge in [0.25, 0.3) is 5.91 Å². The monoisotopic (exact) mass is 342 g/mol. The molecule has 1 saturated carbocycles. The number of hydrogen-bond donors (Lipinski definition) is 1. The van der Waals surface area contributed by atoms with Crippen molar-refractivity contribution in [2.24, 2.45) is 5.92 Å². The summed E-state index contributed by atoms with van der Waals surface area (Å²) in [4.78, 5) is 13.0. The first-order valence-electron chi connectivity index (χ1n) is 9.41. The van der Waals surface area contributed by atoms with Crippen LogP contribution in [0.15, 0.2) is 18.2 Å². The van der Waals surface area contributed by atoms with E-state index in [4.69, 9.17) is 4.74 Å². The molecule has 0 radical (unpaired) electrons. The molecule has 1 aliphatic carbocycles. The van der Waals surface area contributed by atoms with Crippen molar-refractivity contribution < 1.29 is 9.53 Å². The van der Waals surface area contributed by atoms with Gasteiger partial charge in [0.05, 0.1) is 12.7 Å². The number of rotatable bonds is 7. The number of ether oxygens (including phenoxy) is 1. The number of carbonyl (C=O) groups is 1. The van der Waals surface area contributed by atoms with E-state index in [2.05, 4.69) is 43.6 Å². The highest BCUT2D eigenvalue weighted by atomic mass is 16.5. The lowest BCUT2D eigenvalue weighted by molar-refractivity contribution is 0.0938. The Balaban J connectivity index is 1.94. The SMILES string of the molecule is COc1ccc2c(c1)c(C(=O)N[C@H](C)CCC(C)C)c(C)n2C1CC1. The lowest BCUT2D eigenvalue weighted by atomic mass is 10.0. The number of nitrogens with zero attached hydrogens (tertiary/aromatic N) is 1. The van der Waals surface area contributed by atoms with Crippen LogP contribution in [-0.4, -0.2) is 23.6 Å². The number of fused-ring (bicyclic) bond motifs is 1. The highest BCUT2D eigenvalue weighted by molar-refractivity contribution is 6.09. The molecule has 1 aromatic heterocycles. The second-order valence-corrected chi connectivity index (χ2v) is 7.79. The predicted octanol–water partition coefficient (Wildman–Crippen LogP) is 4.85. The van der Waals surface area contributed by atoms with Crippen molar-refractivity contribution in [3.8, 4) is 5.75 Å². The average molecular weight is 342 g/mol. The Hall–Kier alpha value is -1.97. The van der Waals surface area contributed by atoms with Gasteiger partial charge in [-0.2, -0.15) is 0 Å². The summed E-state index contributed by atoms with van der Waals surface area (Å²) in [7, 11) is 1.67. The zero-order valence-electron chi connectivity index (χ0n) is 16.1. The van der Waals surface area contributed by atoms with E-state index in [1.807, 2.05) is 12.1 Å². The Morgan fingerprint density at radius 3 is 2.60 bits per heavy atom. The maximum absolute atomic E-state index is 13.0. The number of carbonyl (C=O) groups excluding carboxylic acids is 1. The van der Waals surface area contributed by atoms with Crippen LogP contribution in [-0.2, 0) is 0 Å². The minimum absolute atomic E-state index is 0.0337. The van der Waals surface area contributed by atoms with E-state index in [-0.39, 0.29) is 11.9 Å². The third-order valence-corrected chi connectivity index (χ3v) is 5.15. The molecule has 0 bridgehead atoms. The number of aromatic nitrogens is 1. The average Bonchev–Trinajstić information content (AvgIpc) is 3.35. The van der Waals surface area contributed by atoms with Crippen LogP contribution >= 0.6 is 0 Å². The van der Waals surface area contributed by atoms with Gasteiger partial charge in [-0.3, -0.25) is 4.79 Å². The van der Waals surface area contributed by atoms with Gasteiger partial charge in [-0.05, 0) is 63.6 Å². The number of nitrogens with one attached hydrogen (secondary N) is 1. The van der Waals surface area contributed by atoms with Gasteiger partial charge in [-0.15, -0.1) is 0 Å². The third kappa shape index (κ3) is 3.68. The van der Waals surface area contributed by atoms with E-state index < -0.39 is 0 Å². The van der Waals surface area contributed by atoms with Gasteiger partial charge >= 0.3 is 0 Å². The Bertz CT molecular complexity index is 772. The second-order valence-electron chi connectivity index (χ2n) is 7.79. The summed E-state index contributed by atoms with van der Waals surface area (Å²) < 4.78 is 7.72. The highest BCUT2D eigenvalue weighted by Crippen LogP contribution is 2.41. The molecule has 25 heavy (non-hydrogen) atoms. The predicted molar refractivity (Wildman–Crippen MR) is 102 cm³/mol. The fraction of sp³-hybridized carbons (Fsp3) is 0.571. The van der Waals surface area contributed by atoms with Gasteiger partial charge in [-0.1, -0.05) is 13.8 Å². The van der Waals surface area contributed by atoms with Crippen molar-refractivity contribution in [3.63, 3.8) is 0 Å². The van der Waals surface area contributed by atoms with Gasteiger partial charge in [0, 0.05) is 28.7 Å². The molecule has 4 nitrogen and oxygen atoms in total. The van der Waals surface area contributed by atoms with E-state index in [0.29, 0.717) is 12.0 Å². The van der Waals surface area contributed by atoms with E-state index in [0.717, 1.165) is 40.8 Å². The van der Waals surface area contributed by atoms with Gasteiger partial charge in [-0.25, -0.2) is 0 Å². The summed E-state index contributed by atoms with van der Waals surface area (Å²) in [5, 5.41) is 4.20. The molecule has 0 unspecified atom stereocenters. The molecule has 1 aliphatic rings. The van der Waals surface area contributed by atoms with E-state index >= 15 is 0 Å². The second kappa shape index (κ2) is 7.11. The fourth-order valence-electron chi connectivity index (χ4n) is 3.59. The Morgan fingerprint density at radius 2 is 2.00 bits per heavy atom. The maximum Gasteiger partial charge on any atom is 0.253 e. The Labute approximate surface area is 150 Å². The Morgan fingerprint density at radius 1 is 1.28 bits per heavy atom. The molecule has 1 heterocycles. The molecule has 3 rings (SSSR count). The van der Waals surface area contributed by atoms with Gasteiger partial charge < -0.3 is 14.6 Å². The van der Waals surface area contributed by atoms with Crippen molar-refractivity contribution in [2.75, 3.05) is 7.11 Å². The summed E-state index contributed by atoms with van der Waals surface area (Å²) in [6.45, 7) is 8.59. The Kier molecular flexibility index (Phi) is 5.07. The first kappa shape index (κ1) is 17.8. The molecular formula is C21H30N2O2. The van der Waals surface area contributed by atoms with Crippen LogP contribution in [0.25, 0.3) is 10.9 Å². The van der Waals surface area contributed by atoms with Crippen molar-refractivity contribution in [2.45, 2.75) is 65.5 Å². The fourth-order valence-corrected chi connectivity index (χ4v) is 3.59. The van der Waals surface area contributed by atoms with Crippen molar-refractivity contribution >= 4 is 16.8 Å². The van der Waals surface area contributed by atoms with Crippen molar-refractivity contribution in [1.82, 2.24) is 9.88 Å². The molecule has 4 heteroatoms. The molecule has 1 atom stereocenters. The number of benzene rings is 1. The normalized spacial score (nSPS) is 15.6. The minimum atomic E-state index is 0.0337. The topological polar surface area (TPSA) is 43.3 Å². The van der Waals surface area contributed by atoms with Crippen LogP contribution in [0.1, 0.15) is 68.5 Å². The molecule has 0 aliphatic heterocycles. The van der Waals surface area contributed by atoms with Crippen LogP contribution in [0, 0.1) is 12.8 Å². The lowest BCUT2D eigenvalue weighted by Crippen LogP contribution is -2.33. The zero-order valence-corrected chi connectivity index (χ0v) is 16.1. The van der Waals surface area contributed by atoms with Crippen LogP contribution in [0.5, 0.6) is 5.75 Å². The first-order valence-corrected chi connectivity index (χ1v) is 9.41.